The molecule has 4 rings (SSSR count). The Hall–Kier alpha value is -2.44. The van der Waals surface area contributed by atoms with Crippen LogP contribution in [0.1, 0.15) is 55.0 Å². The Kier molecular flexibility index (Phi) is 8.35. The SMILES string of the molecule is CN(C[C@@H]1CCCN(CCCc2ccc3c(n2)NCCC3)C1)[C@@H](CC(=O)O)c1ccccc1. The van der Waals surface area contributed by atoms with Crippen molar-refractivity contribution in [3.05, 3.63) is 59.3 Å². The Balaban J connectivity index is 1.26. The number of carboxylic acids is 1. The van der Waals surface area contributed by atoms with E-state index >= 15 is 0 Å². The van der Waals surface area contributed by atoms with Crippen molar-refractivity contribution in [2.75, 3.05) is 45.1 Å². The van der Waals surface area contributed by atoms with Gasteiger partial charge in [0.15, 0.2) is 0 Å². The van der Waals surface area contributed by atoms with E-state index in [2.05, 4.69) is 34.3 Å². The number of rotatable bonds is 10. The molecular weight excluding hydrogens is 412 g/mol. The van der Waals surface area contributed by atoms with Crippen LogP contribution >= 0.6 is 0 Å². The van der Waals surface area contributed by atoms with Crippen molar-refractivity contribution in [1.29, 1.82) is 0 Å². The summed E-state index contributed by atoms with van der Waals surface area (Å²) in [6.45, 7) is 5.32. The number of carbonyl (C=O) groups is 1. The minimum Gasteiger partial charge on any atom is -0.481 e. The molecule has 0 aliphatic carbocycles. The molecule has 6 nitrogen and oxygen atoms in total. The zero-order valence-electron chi connectivity index (χ0n) is 19.9. The summed E-state index contributed by atoms with van der Waals surface area (Å²) in [7, 11) is 2.08. The third-order valence-corrected chi connectivity index (χ3v) is 7.09. The summed E-state index contributed by atoms with van der Waals surface area (Å²) in [5.74, 6) is 0.927. The summed E-state index contributed by atoms with van der Waals surface area (Å²) in [5.41, 5.74) is 3.63. The molecule has 1 aromatic carbocycles. The highest BCUT2D eigenvalue weighted by Gasteiger charge is 2.26. The molecule has 1 aromatic heterocycles. The average molecular weight is 451 g/mol. The third kappa shape index (κ3) is 6.78. The lowest BCUT2D eigenvalue weighted by atomic mass is 9.95. The maximum absolute atomic E-state index is 11.5. The van der Waals surface area contributed by atoms with Gasteiger partial charge >= 0.3 is 5.97 Å². The van der Waals surface area contributed by atoms with Crippen molar-refractivity contribution in [3.8, 4) is 0 Å². The molecule has 6 heteroatoms. The maximum atomic E-state index is 11.5. The number of hydrogen-bond acceptors (Lipinski definition) is 5. The molecule has 0 bridgehead atoms. The quantitative estimate of drug-likeness (QED) is 0.565. The summed E-state index contributed by atoms with van der Waals surface area (Å²) in [6.07, 6.45) is 7.05. The molecule has 33 heavy (non-hydrogen) atoms. The topological polar surface area (TPSA) is 68.7 Å². The van der Waals surface area contributed by atoms with Crippen molar-refractivity contribution in [2.45, 2.75) is 51.0 Å². The normalized spacial score (nSPS) is 19.6. The minimum absolute atomic E-state index is 0.0808. The zero-order valence-corrected chi connectivity index (χ0v) is 19.9. The average Bonchev–Trinajstić information content (AvgIpc) is 2.83. The van der Waals surface area contributed by atoms with Gasteiger partial charge in [0, 0.05) is 31.4 Å². The van der Waals surface area contributed by atoms with Crippen LogP contribution in [-0.2, 0) is 17.6 Å². The first-order valence-electron chi connectivity index (χ1n) is 12.5. The second-order valence-corrected chi connectivity index (χ2v) is 9.72. The van der Waals surface area contributed by atoms with E-state index in [0.29, 0.717) is 5.92 Å². The van der Waals surface area contributed by atoms with Gasteiger partial charge in [0.2, 0.25) is 0 Å². The van der Waals surface area contributed by atoms with E-state index < -0.39 is 5.97 Å². The highest BCUT2D eigenvalue weighted by Crippen LogP contribution is 2.26. The number of aromatic nitrogens is 1. The Morgan fingerprint density at radius 2 is 2.09 bits per heavy atom. The van der Waals surface area contributed by atoms with Crippen molar-refractivity contribution in [2.24, 2.45) is 5.92 Å². The van der Waals surface area contributed by atoms with E-state index in [1.807, 2.05) is 30.3 Å². The van der Waals surface area contributed by atoms with E-state index in [0.717, 1.165) is 63.4 Å². The minimum atomic E-state index is -0.744. The van der Waals surface area contributed by atoms with Gasteiger partial charge in [-0.15, -0.1) is 0 Å². The smallest absolute Gasteiger partial charge is 0.305 e. The number of nitrogens with zero attached hydrogens (tertiary/aromatic N) is 3. The number of carboxylic acid groups (broad SMARTS) is 1. The van der Waals surface area contributed by atoms with Gasteiger partial charge < -0.3 is 15.3 Å². The standard InChI is InChI=1S/C27H38N4O2/c1-30(25(18-26(32)33)22-9-3-2-4-10-22)19-21-8-6-16-31(20-21)17-7-12-24-14-13-23-11-5-15-28-27(23)29-24/h2-4,9-10,13-14,21,25H,5-8,11-12,15-20H2,1H3,(H,28,29)(H,32,33)/t21-,25-/m0/s1. The van der Waals surface area contributed by atoms with Gasteiger partial charge in [-0.05, 0) is 81.8 Å². The number of hydrogen-bond donors (Lipinski definition) is 2. The van der Waals surface area contributed by atoms with Gasteiger partial charge in [-0.1, -0.05) is 36.4 Å². The highest BCUT2D eigenvalue weighted by atomic mass is 16.4. The Labute approximate surface area is 198 Å². The number of aryl methyl sites for hydroxylation is 2. The Morgan fingerprint density at radius 3 is 2.91 bits per heavy atom. The van der Waals surface area contributed by atoms with Crippen LogP contribution in [0, 0.1) is 5.92 Å². The first-order chi connectivity index (χ1) is 16.1. The first kappa shape index (κ1) is 23.7. The molecule has 178 valence electrons. The lowest BCUT2D eigenvalue weighted by Gasteiger charge is -2.37. The molecule has 0 amide bonds. The van der Waals surface area contributed by atoms with Gasteiger partial charge in [-0.2, -0.15) is 0 Å². The van der Waals surface area contributed by atoms with Gasteiger partial charge in [-0.3, -0.25) is 9.69 Å². The summed E-state index contributed by atoms with van der Waals surface area (Å²) in [5, 5.41) is 12.9. The summed E-state index contributed by atoms with van der Waals surface area (Å²) < 4.78 is 0. The van der Waals surface area contributed by atoms with Crippen LogP contribution in [-0.4, -0.2) is 65.6 Å². The fourth-order valence-corrected chi connectivity index (χ4v) is 5.40. The van der Waals surface area contributed by atoms with Crippen LogP contribution < -0.4 is 5.32 Å². The van der Waals surface area contributed by atoms with Gasteiger partial charge in [0.1, 0.15) is 5.82 Å². The fraction of sp³-hybridized carbons (Fsp3) is 0.556. The number of likely N-dealkylation sites (tertiary alicyclic amines) is 1. The predicted molar refractivity (Wildman–Crippen MR) is 133 cm³/mol. The van der Waals surface area contributed by atoms with E-state index in [4.69, 9.17) is 4.98 Å². The molecule has 2 aromatic rings. The van der Waals surface area contributed by atoms with E-state index in [-0.39, 0.29) is 12.5 Å². The van der Waals surface area contributed by atoms with Gasteiger partial charge in [0.05, 0.1) is 6.42 Å². The molecule has 0 unspecified atom stereocenters. The number of nitrogens with one attached hydrogen (secondary N) is 1. The Bertz CT molecular complexity index is 904. The monoisotopic (exact) mass is 450 g/mol. The number of aliphatic carboxylic acids is 1. The molecule has 2 aliphatic heterocycles. The lowest BCUT2D eigenvalue weighted by molar-refractivity contribution is -0.138. The van der Waals surface area contributed by atoms with Crippen molar-refractivity contribution in [1.82, 2.24) is 14.8 Å². The second-order valence-electron chi connectivity index (χ2n) is 9.72. The van der Waals surface area contributed by atoms with Crippen LogP contribution in [0.3, 0.4) is 0 Å². The van der Waals surface area contributed by atoms with E-state index in [1.54, 1.807) is 0 Å². The Morgan fingerprint density at radius 1 is 1.24 bits per heavy atom. The zero-order chi connectivity index (χ0) is 23.0. The summed E-state index contributed by atoms with van der Waals surface area (Å²) >= 11 is 0. The molecule has 0 spiro atoms. The second kappa shape index (κ2) is 11.6. The molecule has 0 saturated carbocycles. The summed E-state index contributed by atoms with van der Waals surface area (Å²) in [6, 6.07) is 14.4. The molecule has 3 heterocycles. The van der Waals surface area contributed by atoms with Gasteiger partial charge in [0.25, 0.3) is 0 Å². The molecule has 2 atom stereocenters. The fourth-order valence-electron chi connectivity index (χ4n) is 5.40. The maximum Gasteiger partial charge on any atom is 0.305 e. The number of pyridine rings is 1. The van der Waals surface area contributed by atoms with Gasteiger partial charge in [-0.25, -0.2) is 4.98 Å². The number of piperidine rings is 1. The van der Waals surface area contributed by atoms with Crippen LogP contribution in [0.15, 0.2) is 42.5 Å². The van der Waals surface area contributed by atoms with Crippen LogP contribution in [0.2, 0.25) is 0 Å². The van der Waals surface area contributed by atoms with Crippen LogP contribution in [0.5, 0.6) is 0 Å². The largest absolute Gasteiger partial charge is 0.481 e. The number of anilines is 1. The van der Waals surface area contributed by atoms with Crippen molar-refractivity contribution in [3.63, 3.8) is 0 Å². The van der Waals surface area contributed by atoms with Crippen LogP contribution in [0.25, 0.3) is 0 Å². The summed E-state index contributed by atoms with van der Waals surface area (Å²) in [4.78, 5) is 21.2. The first-order valence-corrected chi connectivity index (χ1v) is 12.5. The van der Waals surface area contributed by atoms with Crippen LogP contribution in [0.4, 0.5) is 5.82 Å². The van der Waals surface area contributed by atoms with E-state index in [1.165, 1.54) is 30.5 Å². The number of fused-ring (bicyclic) bond motifs is 1. The predicted octanol–water partition coefficient (Wildman–Crippen LogP) is 4.23. The van der Waals surface area contributed by atoms with Crippen molar-refractivity contribution < 1.29 is 9.90 Å². The molecule has 0 radical (unpaired) electrons. The highest BCUT2D eigenvalue weighted by molar-refractivity contribution is 5.68. The molecule has 2 aliphatic rings. The molecular formula is C27H38N4O2. The van der Waals surface area contributed by atoms with E-state index in [9.17, 15) is 9.90 Å². The number of benzene rings is 1. The molecule has 1 saturated heterocycles. The third-order valence-electron chi connectivity index (χ3n) is 7.09. The lowest BCUT2D eigenvalue weighted by Crippen LogP contribution is -2.41. The molecule has 1 fully saturated rings. The molecule has 2 N–H and O–H groups in total. The van der Waals surface area contributed by atoms with Crippen molar-refractivity contribution >= 4 is 11.8 Å².